The fraction of sp³-hybridized carbons (Fsp3) is 0.588. The lowest BCUT2D eigenvalue weighted by Gasteiger charge is -2.44. The number of carbonyl (C=O) groups excluding carboxylic acids is 1. The van der Waals surface area contributed by atoms with Gasteiger partial charge in [0, 0.05) is 19.0 Å². The van der Waals surface area contributed by atoms with E-state index in [4.69, 9.17) is 0 Å². The normalized spacial score (nSPS) is 30.8. The van der Waals surface area contributed by atoms with Crippen molar-refractivity contribution in [2.45, 2.75) is 57.2 Å². The minimum atomic E-state index is -0.0205. The maximum atomic E-state index is 12.6. The molecule has 108 valence electrons. The maximum Gasteiger partial charge on any atom is 0.223 e. The molecule has 1 aromatic rings. The molecule has 2 fully saturated rings. The summed E-state index contributed by atoms with van der Waals surface area (Å²) in [5.41, 5.74) is 1.21. The molecule has 3 rings (SSSR count). The van der Waals surface area contributed by atoms with Gasteiger partial charge in [0.15, 0.2) is 0 Å². The molecule has 0 radical (unpaired) electrons. The third-order valence-corrected chi connectivity index (χ3v) is 5.01. The molecule has 1 N–H and O–H groups in total. The summed E-state index contributed by atoms with van der Waals surface area (Å²) < 4.78 is 0. The van der Waals surface area contributed by atoms with Gasteiger partial charge in [0.2, 0.25) is 5.91 Å². The van der Waals surface area contributed by atoms with Crippen LogP contribution in [-0.4, -0.2) is 28.9 Å². The molecule has 2 saturated heterocycles. The van der Waals surface area contributed by atoms with E-state index in [1.54, 1.807) is 0 Å². The summed E-state index contributed by atoms with van der Waals surface area (Å²) in [7, 11) is 0. The number of nitrogens with one attached hydrogen (secondary N) is 1. The van der Waals surface area contributed by atoms with Crippen LogP contribution in [0.5, 0.6) is 0 Å². The predicted octanol–water partition coefficient (Wildman–Crippen LogP) is 2.71. The number of hydrogen-bond acceptors (Lipinski definition) is 2. The molecule has 1 amide bonds. The minimum absolute atomic E-state index is 0.0205. The fourth-order valence-electron chi connectivity index (χ4n) is 3.71. The van der Waals surface area contributed by atoms with Crippen molar-refractivity contribution in [3.05, 3.63) is 35.9 Å². The lowest BCUT2D eigenvalue weighted by molar-refractivity contribution is -0.139. The van der Waals surface area contributed by atoms with Gasteiger partial charge >= 0.3 is 0 Å². The topological polar surface area (TPSA) is 32.3 Å². The lowest BCUT2D eigenvalue weighted by Crippen LogP contribution is -2.56. The van der Waals surface area contributed by atoms with E-state index in [1.807, 2.05) is 6.07 Å². The first-order valence-corrected chi connectivity index (χ1v) is 7.78. The lowest BCUT2D eigenvalue weighted by atomic mass is 9.84. The van der Waals surface area contributed by atoms with E-state index in [0.29, 0.717) is 18.4 Å². The average Bonchev–Trinajstić information content (AvgIpc) is 2.82. The molecule has 20 heavy (non-hydrogen) atoms. The summed E-state index contributed by atoms with van der Waals surface area (Å²) >= 11 is 0. The highest BCUT2D eigenvalue weighted by atomic mass is 16.2. The number of nitrogens with zero attached hydrogens (tertiary/aromatic N) is 1. The standard InChI is InChI=1S/C17H24N2O/c1-17-11-12-18-15(17)9-5-6-10-16(20)19(17)13-14-7-3-2-4-8-14/h2-4,7-8,15,18H,5-6,9-13H2,1H3/t15-,17-/m0/s1. The van der Waals surface area contributed by atoms with Crippen molar-refractivity contribution >= 4 is 5.91 Å². The van der Waals surface area contributed by atoms with Crippen LogP contribution in [0, 0.1) is 0 Å². The van der Waals surface area contributed by atoms with Gasteiger partial charge in [-0.15, -0.1) is 0 Å². The monoisotopic (exact) mass is 272 g/mol. The summed E-state index contributed by atoms with van der Waals surface area (Å²) in [5.74, 6) is 0.324. The van der Waals surface area contributed by atoms with Crippen molar-refractivity contribution in [3.63, 3.8) is 0 Å². The van der Waals surface area contributed by atoms with Gasteiger partial charge in [0.05, 0.1) is 5.54 Å². The van der Waals surface area contributed by atoms with Gasteiger partial charge in [0.1, 0.15) is 0 Å². The number of carbonyl (C=O) groups is 1. The summed E-state index contributed by atoms with van der Waals surface area (Å²) in [6, 6.07) is 10.8. The Hall–Kier alpha value is -1.35. The molecule has 0 aliphatic carbocycles. The van der Waals surface area contributed by atoms with Crippen molar-refractivity contribution < 1.29 is 4.79 Å². The van der Waals surface area contributed by atoms with Crippen LogP contribution in [0.1, 0.15) is 44.6 Å². The van der Waals surface area contributed by atoms with E-state index in [1.165, 1.54) is 12.0 Å². The van der Waals surface area contributed by atoms with Gasteiger partial charge in [-0.3, -0.25) is 4.79 Å². The van der Waals surface area contributed by atoms with E-state index in [0.717, 1.165) is 32.4 Å². The van der Waals surface area contributed by atoms with E-state index in [9.17, 15) is 4.79 Å². The van der Waals surface area contributed by atoms with Crippen molar-refractivity contribution in [1.29, 1.82) is 0 Å². The molecule has 0 bridgehead atoms. The molecule has 0 unspecified atom stereocenters. The van der Waals surface area contributed by atoms with E-state index < -0.39 is 0 Å². The number of benzene rings is 1. The van der Waals surface area contributed by atoms with Crippen LogP contribution in [0.2, 0.25) is 0 Å². The van der Waals surface area contributed by atoms with Crippen LogP contribution >= 0.6 is 0 Å². The fourth-order valence-corrected chi connectivity index (χ4v) is 3.71. The molecular weight excluding hydrogens is 248 g/mol. The second kappa shape index (κ2) is 5.57. The number of amides is 1. The van der Waals surface area contributed by atoms with Crippen LogP contribution in [0.4, 0.5) is 0 Å². The van der Waals surface area contributed by atoms with Gasteiger partial charge in [-0.05, 0) is 38.3 Å². The van der Waals surface area contributed by atoms with Gasteiger partial charge in [-0.25, -0.2) is 0 Å². The van der Waals surface area contributed by atoms with Crippen LogP contribution in [0.3, 0.4) is 0 Å². The van der Waals surface area contributed by atoms with E-state index in [2.05, 4.69) is 41.4 Å². The van der Waals surface area contributed by atoms with Crippen molar-refractivity contribution in [2.24, 2.45) is 0 Å². The highest BCUT2D eigenvalue weighted by Gasteiger charge is 2.45. The first kappa shape index (κ1) is 13.6. The van der Waals surface area contributed by atoms with Crippen LogP contribution in [0.15, 0.2) is 30.3 Å². The summed E-state index contributed by atoms with van der Waals surface area (Å²) in [5, 5.41) is 3.61. The Kier molecular flexibility index (Phi) is 3.79. The summed E-state index contributed by atoms with van der Waals surface area (Å²) in [6.07, 6.45) is 5.15. The first-order chi connectivity index (χ1) is 9.70. The van der Waals surface area contributed by atoms with Crippen LogP contribution < -0.4 is 5.32 Å². The van der Waals surface area contributed by atoms with Gasteiger partial charge in [0.25, 0.3) is 0 Å². The molecular formula is C17H24N2O. The average molecular weight is 272 g/mol. The molecule has 2 aliphatic heterocycles. The molecule has 0 spiro atoms. The number of fused-ring (bicyclic) bond motifs is 1. The van der Waals surface area contributed by atoms with Crippen LogP contribution in [0.25, 0.3) is 0 Å². The van der Waals surface area contributed by atoms with Crippen molar-refractivity contribution in [1.82, 2.24) is 10.2 Å². The Balaban J connectivity index is 1.88. The quantitative estimate of drug-likeness (QED) is 0.898. The Labute approximate surface area is 121 Å². The third-order valence-electron chi connectivity index (χ3n) is 5.01. The van der Waals surface area contributed by atoms with Gasteiger partial charge < -0.3 is 10.2 Å². The Bertz CT molecular complexity index is 473. The molecule has 2 aliphatic rings. The highest BCUT2D eigenvalue weighted by molar-refractivity contribution is 5.77. The first-order valence-electron chi connectivity index (χ1n) is 7.78. The predicted molar refractivity (Wildman–Crippen MR) is 80.3 cm³/mol. The molecule has 2 atom stereocenters. The third kappa shape index (κ3) is 2.47. The second-order valence-corrected chi connectivity index (χ2v) is 6.33. The Morgan fingerprint density at radius 2 is 2.10 bits per heavy atom. The van der Waals surface area contributed by atoms with Crippen LogP contribution in [-0.2, 0) is 11.3 Å². The number of hydrogen-bond donors (Lipinski definition) is 1. The minimum Gasteiger partial charge on any atom is -0.331 e. The van der Waals surface area contributed by atoms with Gasteiger partial charge in [-0.1, -0.05) is 36.8 Å². The van der Waals surface area contributed by atoms with E-state index in [-0.39, 0.29) is 5.54 Å². The Morgan fingerprint density at radius 1 is 1.30 bits per heavy atom. The molecule has 0 aromatic heterocycles. The zero-order chi connectivity index (χ0) is 14.0. The second-order valence-electron chi connectivity index (χ2n) is 6.33. The zero-order valence-electron chi connectivity index (χ0n) is 12.3. The van der Waals surface area contributed by atoms with Crippen molar-refractivity contribution in [2.75, 3.05) is 6.54 Å². The smallest absolute Gasteiger partial charge is 0.223 e. The zero-order valence-corrected chi connectivity index (χ0v) is 12.3. The molecule has 3 heteroatoms. The molecule has 1 aromatic carbocycles. The number of likely N-dealkylation sites (tertiary alicyclic amines) is 1. The highest BCUT2D eigenvalue weighted by Crippen LogP contribution is 2.35. The number of rotatable bonds is 2. The molecule has 3 nitrogen and oxygen atoms in total. The summed E-state index contributed by atoms with van der Waals surface area (Å²) in [4.78, 5) is 14.8. The molecule has 0 saturated carbocycles. The van der Waals surface area contributed by atoms with Crippen molar-refractivity contribution in [3.8, 4) is 0 Å². The SMILES string of the molecule is C[C@]12CCN[C@H]1CCCCC(=O)N2Cc1ccccc1. The van der Waals surface area contributed by atoms with E-state index >= 15 is 0 Å². The maximum absolute atomic E-state index is 12.6. The van der Waals surface area contributed by atoms with Gasteiger partial charge in [-0.2, -0.15) is 0 Å². The largest absolute Gasteiger partial charge is 0.331 e. The summed E-state index contributed by atoms with van der Waals surface area (Å²) in [6.45, 7) is 4.04. The Morgan fingerprint density at radius 3 is 2.90 bits per heavy atom. The molecule has 2 heterocycles.